The molecule has 8 nitrogen and oxygen atoms in total. The first kappa shape index (κ1) is 10.2. The first-order valence-electron chi connectivity index (χ1n) is 4.00. The van der Waals surface area contributed by atoms with E-state index in [2.05, 4.69) is 9.91 Å². The number of nitroso groups, excluding NO2 is 1. The summed E-state index contributed by atoms with van der Waals surface area (Å²) in [7, 11) is 0. The number of hydrogen-bond donors (Lipinski definition) is 4. The van der Waals surface area contributed by atoms with Gasteiger partial charge in [0.25, 0.3) is 0 Å². The van der Waals surface area contributed by atoms with Crippen LogP contribution in [0.5, 0.6) is 0 Å². The third kappa shape index (κ3) is 1.01. The lowest BCUT2D eigenvalue weighted by molar-refractivity contribution is -0.293. The summed E-state index contributed by atoms with van der Waals surface area (Å²) >= 11 is 0. The monoisotopic (exact) mass is 217 g/mol. The molecule has 1 aliphatic carbocycles. The molecule has 1 saturated carbocycles. The Bertz CT molecular complexity index is 378. The molecule has 8 heteroatoms. The van der Waals surface area contributed by atoms with E-state index in [4.69, 9.17) is 10.2 Å². The van der Waals surface area contributed by atoms with Crippen LogP contribution in [-0.4, -0.2) is 44.6 Å². The average Bonchev–Trinajstić information content (AvgIpc) is 2.32. The maximum Gasteiger partial charge on any atom is 0.315 e. The van der Waals surface area contributed by atoms with Crippen LogP contribution in [0.15, 0.2) is 16.4 Å². The van der Waals surface area contributed by atoms with Crippen molar-refractivity contribution >= 4 is 5.97 Å². The van der Waals surface area contributed by atoms with Crippen molar-refractivity contribution in [1.29, 1.82) is 0 Å². The Hall–Kier alpha value is -1.35. The predicted molar refractivity (Wildman–Crippen MR) is 42.0 cm³/mol. The lowest BCUT2D eigenvalue weighted by atomic mass is 9.70. The number of hydrogen-bond acceptors (Lipinski definition) is 7. The molecule has 2 rings (SSSR count). The van der Waals surface area contributed by atoms with E-state index < -0.39 is 35.8 Å². The summed E-state index contributed by atoms with van der Waals surface area (Å²) in [4.78, 5) is 20.9. The predicted octanol–water partition coefficient (Wildman–Crippen LogP) is -1.88. The van der Waals surface area contributed by atoms with Crippen LogP contribution in [0, 0.1) is 10.8 Å². The maximum atomic E-state index is 10.6. The second kappa shape index (κ2) is 2.83. The van der Waals surface area contributed by atoms with Crippen LogP contribution in [0.3, 0.4) is 0 Å². The zero-order valence-electron chi connectivity index (χ0n) is 7.19. The fourth-order valence-corrected chi connectivity index (χ4v) is 1.89. The van der Waals surface area contributed by atoms with E-state index in [9.17, 15) is 19.9 Å². The van der Waals surface area contributed by atoms with Gasteiger partial charge in [0.15, 0.2) is 0 Å². The number of aliphatic hydroxyl groups is 3. The number of carbonyl (C=O) groups is 1. The summed E-state index contributed by atoms with van der Waals surface area (Å²) < 4.78 is 4.50. The summed E-state index contributed by atoms with van der Waals surface area (Å²) in [6, 6.07) is 0. The molecule has 1 heterocycles. The molecule has 0 spiro atoms. The number of carboxylic acids is 1. The number of aliphatic hydroxyl groups excluding tert-OH is 2. The summed E-state index contributed by atoms with van der Waals surface area (Å²) in [5.41, 5.74) is -0.945. The van der Waals surface area contributed by atoms with Crippen LogP contribution in [-0.2, 0) is 9.53 Å². The van der Waals surface area contributed by atoms with Gasteiger partial charge in [-0.2, -0.15) is 0 Å². The zero-order chi connectivity index (χ0) is 11.4. The topological polar surface area (TPSA) is 137 Å². The molecule has 82 valence electrons. The minimum Gasteiger partial charge on any atom is -0.481 e. The molecular weight excluding hydrogens is 210 g/mol. The first-order valence-corrected chi connectivity index (χ1v) is 4.00. The van der Waals surface area contributed by atoms with Crippen LogP contribution in [0.1, 0.15) is 0 Å². The molecule has 0 aromatic carbocycles. The molecule has 2 aliphatic rings. The molecular formula is C7H7NO7. The molecule has 0 aromatic rings. The van der Waals surface area contributed by atoms with Crippen LogP contribution < -0.4 is 0 Å². The van der Waals surface area contributed by atoms with Crippen LogP contribution in [0.25, 0.3) is 0 Å². The van der Waals surface area contributed by atoms with Gasteiger partial charge in [-0.3, -0.25) is 4.79 Å². The van der Waals surface area contributed by atoms with Crippen molar-refractivity contribution in [2.45, 2.75) is 18.2 Å². The minimum atomic E-state index is -2.33. The van der Waals surface area contributed by atoms with Gasteiger partial charge in [-0.05, 0) is 5.18 Å². The van der Waals surface area contributed by atoms with Gasteiger partial charge in [0.05, 0.1) is 0 Å². The summed E-state index contributed by atoms with van der Waals surface area (Å²) in [6.45, 7) is 0. The van der Waals surface area contributed by atoms with Gasteiger partial charge in [-0.15, -0.1) is 4.91 Å². The SMILES string of the molecule is O=NC1=C2[C@H](O)[C@@H](C(=O)O)C2(O)O[C@H]1O. The van der Waals surface area contributed by atoms with Gasteiger partial charge in [0.2, 0.25) is 12.1 Å². The van der Waals surface area contributed by atoms with Crippen molar-refractivity contribution in [3.63, 3.8) is 0 Å². The molecule has 0 bridgehead atoms. The van der Waals surface area contributed by atoms with Crippen molar-refractivity contribution in [3.8, 4) is 0 Å². The Morgan fingerprint density at radius 2 is 2.07 bits per heavy atom. The molecule has 0 saturated heterocycles. The first-order chi connectivity index (χ1) is 6.93. The van der Waals surface area contributed by atoms with Gasteiger partial charge >= 0.3 is 5.97 Å². The van der Waals surface area contributed by atoms with E-state index in [0.29, 0.717) is 0 Å². The molecule has 15 heavy (non-hydrogen) atoms. The van der Waals surface area contributed by atoms with Crippen LogP contribution in [0.2, 0.25) is 0 Å². The number of rotatable bonds is 2. The highest BCUT2D eigenvalue weighted by Crippen LogP contribution is 2.52. The Kier molecular flexibility index (Phi) is 1.92. The van der Waals surface area contributed by atoms with E-state index in [1.165, 1.54) is 0 Å². The highest BCUT2D eigenvalue weighted by molar-refractivity contribution is 5.77. The Morgan fingerprint density at radius 1 is 1.47 bits per heavy atom. The van der Waals surface area contributed by atoms with E-state index in [1.54, 1.807) is 0 Å². The average molecular weight is 217 g/mol. The molecule has 1 aliphatic heterocycles. The standard InChI is InChI=1S/C7H7NO7/c9-4-1-3(8-14)6(12)15-7(1,13)2(4)5(10)11/h2,4,6,9,12-13H,(H,10,11)/t2-,4-,6+,7?/m0/s1. The lowest BCUT2D eigenvalue weighted by Gasteiger charge is -2.44. The Labute approximate surface area is 82.4 Å². The third-order valence-corrected chi connectivity index (χ3v) is 2.58. The van der Waals surface area contributed by atoms with Gasteiger partial charge in [-0.1, -0.05) is 0 Å². The maximum absolute atomic E-state index is 10.6. The number of nitrogens with zero attached hydrogens (tertiary/aromatic N) is 1. The fraction of sp³-hybridized carbons (Fsp3) is 0.571. The zero-order valence-corrected chi connectivity index (χ0v) is 7.19. The van der Waals surface area contributed by atoms with E-state index >= 15 is 0 Å². The smallest absolute Gasteiger partial charge is 0.315 e. The quantitative estimate of drug-likeness (QED) is 0.397. The highest BCUT2D eigenvalue weighted by Gasteiger charge is 2.68. The van der Waals surface area contributed by atoms with Gasteiger partial charge in [-0.25, -0.2) is 0 Å². The minimum absolute atomic E-state index is 0.377. The number of fused-ring (bicyclic) bond motifs is 1. The largest absolute Gasteiger partial charge is 0.481 e. The van der Waals surface area contributed by atoms with E-state index in [1.807, 2.05) is 0 Å². The van der Waals surface area contributed by atoms with E-state index in [-0.39, 0.29) is 5.57 Å². The third-order valence-electron chi connectivity index (χ3n) is 2.58. The van der Waals surface area contributed by atoms with Crippen LogP contribution in [0.4, 0.5) is 0 Å². The highest BCUT2D eigenvalue weighted by atomic mass is 16.7. The van der Waals surface area contributed by atoms with Crippen molar-refractivity contribution in [3.05, 3.63) is 16.2 Å². The molecule has 0 radical (unpaired) electrons. The normalized spacial score (nSPS) is 43.5. The second-order valence-electron chi connectivity index (χ2n) is 3.32. The molecule has 0 amide bonds. The molecule has 4 N–H and O–H groups in total. The van der Waals surface area contributed by atoms with Crippen LogP contribution >= 0.6 is 0 Å². The van der Waals surface area contributed by atoms with Gasteiger partial charge < -0.3 is 25.2 Å². The number of aliphatic carboxylic acids is 1. The number of ether oxygens (including phenoxy) is 1. The van der Waals surface area contributed by atoms with Crippen molar-refractivity contribution in [2.75, 3.05) is 0 Å². The molecule has 4 atom stereocenters. The summed E-state index contributed by atoms with van der Waals surface area (Å²) in [5, 5.41) is 39.1. The summed E-state index contributed by atoms with van der Waals surface area (Å²) in [5.74, 6) is -5.44. The van der Waals surface area contributed by atoms with Gasteiger partial charge in [0.1, 0.15) is 17.7 Å². The van der Waals surface area contributed by atoms with E-state index in [0.717, 1.165) is 0 Å². The molecule has 0 aromatic heterocycles. The van der Waals surface area contributed by atoms with Crippen molar-refractivity contribution in [2.24, 2.45) is 11.1 Å². The van der Waals surface area contributed by atoms with Crippen molar-refractivity contribution < 1.29 is 30.0 Å². The second-order valence-corrected chi connectivity index (χ2v) is 3.32. The fourth-order valence-electron chi connectivity index (χ4n) is 1.89. The molecule has 1 unspecified atom stereocenters. The van der Waals surface area contributed by atoms with Crippen molar-refractivity contribution in [1.82, 2.24) is 0 Å². The lowest BCUT2D eigenvalue weighted by Crippen LogP contribution is -2.62. The summed E-state index contributed by atoms with van der Waals surface area (Å²) in [6.07, 6.45) is -3.38. The molecule has 1 fully saturated rings. The Balaban J connectivity index is 2.45. The Morgan fingerprint density at radius 3 is 2.53 bits per heavy atom. The van der Waals surface area contributed by atoms with Gasteiger partial charge in [0, 0.05) is 5.57 Å². The number of carboxylic acid groups (broad SMARTS) is 1.